The lowest BCUT2D eigenvalue weighted by Crippen LogP contribution is -2.03. The Bertz CT molecular complexity index is 671. The second-order valence-corrected chi connectivity index (χ2v) is 6.05. The fourth-order valence-corrected chi connectivity index (χ4v) is 2.84. The lowest BCUT2D eigenvalue weighted by molar-refractivity contribution is 0.0992. The number of carbonyl (C=O) groups excluding carboxylic acids is 1. The molecule has 0 saturated heterocycles. The summed E-state index contributed by atoms with van der Waals surface area (Å²) in [5, 5.41) is 1.98. The maximum Gasteiger partial charge on any atom is 0.193 e. The third kappa shape index (κ3) is 2.32. The molecular formula is C13H9IN2OS. The Morgan fingerprint density at radius 2 is 2.11 bits per heavy atom. The molecule has 3 rings (SSSR count). The van der Waals surface area contributed by atoms with Crippen molar-refractivity contribution in [3.05, 3.63) is 56.9 Å². The summed E-state index contributed by atoms with van der Waals surface area (Å²) in [7, 11) is 0. The van der Waals surface area contributed by atoms with Gasteiger partial charge in [0.05, 0.1) is 12.1 Å². The van der Waals surface area contributed by atoms with Crippen LogP contribution in [0.15, 0.2) is 42.0 Å². The summed E-state index contributed by atoms with van der Waals surface area (Å²) >= 11 is 3.80. The number of fused-ring (bicyclic) bond motifs is 1. The number of carbonyl (C=O) groups is 1. The van der Waals surface area contributed by atoms with Crippen molar-refractivity contribution in [3.8, 4) is 0 Å². The lowest BCUT2D eigenvalue weighted by Gasteiger charge is -1.98. The van der Waals surface area contributed by atoms with E-state index < -0.39 is 0 Å². The van der Waals surface area contributed by atoms with Crippen molar-refractivity contribution in [2.24, 2.45) is 0 Å². The maximum absolute atomic E-state index is 12.1. The zero-order valence-electron chi connectivity index (χ0n) is 9.34. The number of imidazole rings is 1. The van der Waals surface area contributed by atoms with E-state index in [0.717, 1.165) is 19.8 Å². The fourth-order valence-electron chi connectivity index (χ4n) is 1.76. The topological polar surface area (TPSA) is 34.4 Å². The van der Waals surface area contributed by atoms with Crippen molar-refractivity contribution in [1.29, 1.82) is 0 Å². The van der Waals surface area contributed by atoms with Gasteiger partial charge in [-0.15, -0.1) is 11.3 Å². The highest BCUT2D eigenvalue weighted by atomic mass is 127. The number of hydrogen-bond donors (Lipinski definition) is 0. The predicted octanol–water partition coefficient (Wildman–Crippen LogP) is 3.43. The average Bonchev–Trinajstić information content (AvgIpc) is 2.90. The van der Waals surface area contributed by atoms with Gasteiger partial charge in [-0.25, -0.2) is 4.98 Å². The van der Waals surface area contributed by atoms with E-state index in [9.17, 15) is 4.79 Å². The van der Waals surface area contributed by atoms with Gasteiger partial charge in [0.1, 0.15) is 0 Å². The van der Waals surface area contributed by atoms with E-state index in [4.69, 9.17) is 0 Å². The molecule has 3 aromatic rings. The summed E-state index contributed by atoms with van der Waals surface area (Å²) in [5.74, 6) is 0.108. The molecule has 0 aliphatic carbocycles. The van der Waals surface area contributed by atoms with Crippen LogP contribution in [0.3, 0.4) is 0 Å². The van der Waals surface area contributed by atoms with Crippen LogP contribution >= 0.6 is 33.9 Å². The molecule has 0 spiro atoms. The third-order valence-electron chi connectivity index (χ3n) is 2.65. The average molecular weight is 368 g/mol. The summed E-state index contributed by atoms with van der Waals surface area (Å²) in [4.78, 5) is 17.4. The number of aromatic nitrogens is 2. The summed E-state index contributed by atoms with van der Waals surface area (Å²) in [6.45, 7) is 0. The summed E-state index contributed by atoms with van der Waals surface area (Å²) < 4.78 is 3.08. The molecule has 5 heteroatoms. The van der Waals surface area contributed by atoms with E-state index in [1.54, 1.807) is 11.3 Å². The third-order valence-corrected chi connectivity index (χ3v) is 4.14. The maximum atomic E-state index is 12.1. The fraction of sp³-hybridized carbons (Fsp3) is 0.0769. The zero-order valence-corrected chi connectivity index (χ0v) is 12.3. The first-order valence-corrected chi connectivity index (χ1v) is 7.38. The van der Waals surface area contributed by atoms with Crippen LogP contribution in [0.5, 0.6) is 0 Å². The molecule has 2 heterocycles. The van der Waals surface area contributed by atoms with Gasteiger partial charge in [-0.05, 0) is 34.7 Å². The Labute approximate surface area is 122 Å². The molecule has 0 atom stereocenters. The Hall–Kier alpha value is -1.21. The number of Topliss-reactive ketones (excluding diaryl/α,β-unsaturated/α-hetero) is 1. The largest absolute Gasteiger partial charge is 0.297 e. The van der Waals surface area contributed by atoms with Gasteiger partial charge in [-0.3, -0.25) is 9.20 Å². The molecule has 0 saturated carbocycles. The molecule has 18 heavy (non-hydrogen) atoms. The number of halogens is 1. The van der Waals surface area contributed by atoms with Crippen LogP contribution in [0.2, 0.25) is 0 Å². The van der Waals surface area contributed by atoms with Gasteiger partial charge in [0.15, 0.2) is 10.7 Å². The number of ketones is 1. The van der Waals surface area contributed by atoms with E-state index in [1.165, 1.54) is 0 Å². The molecular weight excluding hydrogens is 359 g/mol. The zero-order chi connectivity index (χ0) is 12.5. The second-order valence-electron chi connectivity index (χ2n) is 3.93. The molecule has 3 nitrogen and oxygen atoms in total. The van der Waals surface area contributed by atoms with E-state index in [1.807, 2.05) is 46.4 Å². The van der Waals surface area contributed by atoms with Crippen LogP contribution < -0.4 is 0 Å². The van der Waals surface area contributed by atoms with Gasteiger partial charge >= 0.3 is 0 Å². The molecule has 0 fully saturated rings. The minimum absolute atomic E-state index is 0.108. The van der Waals surface area contributed by atoms with E-state index in [0.29, 0.717) is 6.42 Å². The quantitative estimate of drug-likeness (QED) is 0.525. The van der Waals surface area contributed by atoms with Gasteiger partial charge < -0.3 is 0 Å². The monoisotopic (exact) mass is 368 g/mol. The molecule has 2 aromatic heterocycles. The Morgan fingerprint density at radius 3 is 2.83 bits per heavy atom. The first-order chi connectivity index (χ1) is 8.72. The molecule has 0 aliphatic heterocycles. The van der Waals surface area contributed by atoms with Crippen molar-refractivity contribution in [3.63, 3.8) is 0 Å². The van der Waals surface area contributed by atoms with Crippen LogP contribution in [0.25, 0.3) is 4.96 Å². The smallest absolute Gasteiger partial charge is 0.193 e. The number of thiazole rings is 1. The number of benzene rings is 1. The summed E-state index contributed by atoms with van der Waals surface area (Å²) in [5.41, 5.74) is 1.57. The normalized spacial score (nSPS) is 10.9. The van der Waals surface area contributed by atoms with Crippen LogP contribution in [0.4, 0.5) is 0 Å². The Kier molecular flexibility index (Phi) is 3.17. The molecule has 0 radical (unpaired) electrons. The van der Waals surface area contributed by atoms with E-state index in [2.05, 4.69) is 27.6 Å². The van der Waals surface area contributed by atoms with Crippen molar-refractivity contribution in [2.45, 2.75) is 6.42 Å². The molecule has 0 amide bonds. The molecule has 90 valence electrons. The van der Waals surface area contributed by atoms with Crippen molar-refractivity contribution in [2.75, 3.05) is 0 Å². The SMILES string of the molecule is O=C(Cc1cn2ccsc2n1)c1ccc(I)cc1. The van der Waals surface area contributed by atoms with Crippen LogP contribution in [-0.2, 0) is 6.42 Å². The van der Waals surface area contributed by atoms with E-state index >= 15 is 0 Å². The van der Waals surface area contributed by atoms with Crippen LogP contribution in [0.1, 0.15) is 16.1 Å². The molecule has 1 aromatic carbocycles. The Morgan fingerprint density at radius 1 is 1.33 bits per heavy atom. The van der Waals surface area contributed by atoms with Gasteiger partial charge in [0, 0.05) is 26.9 Å². The first kappa shape index (κ1) is 11.9. The Balaban J connectivity index is 1.82. The minimum Gasteiger partial charge on any atom is -0.297 e. The first-order valence-electron chi connectivity index (χ1n) is 5.42. The van der Waals surface area contributed by atoms with E-state index in [-0.39, 0.29) is 5.78 Å². The predicted molar refractivity (Wildman–Crippen MR) is 80.3 cm³/mol. The summed E-state index contributed by atoms with van der Waals surface area (Å²) in [6, 6.07) is 7.62. The second kappa shape index (κ2) is 4.81. The number of hydrogen-bond acceptors (Lipinski definition) is 3. The molecule has 0 N–H and O–H groups in total. The van der Waals surface area contributed by atoms with Gasteiger partial charge in [0.25, 0.3) is 0 Å². The van der Waals surface area contributed by atoms with Crippen LogP contribution in [-0.4, -0.2) is 15.2 Å². The van der Waals surface area contributed by atoms with Gasteiger partial charge in [0.2, 0.25) is 0 Å². The van der Waals surface area contributed by atoms with Crippen molar-refractivity contribution >= 4 is 44.7 Å². The van der Waals surface area contributed by atoms with Crippen molar-refractivity contribution < 1.29 is 4.79 Å². The molecule has 0 aliphatic rings. The lowest BCUT2D eigenvalue weighted by atomic mass is 10.1. The highest BCUT2D eigenvalue weighted by molar-refractivity contribution is 14.1. The molecule has 0 unspecified atom stereocenters. The minimum atomic E-state index is 0.108. The highest BCUT2D eigenvalue weighted by Gasteiger charge is 2.10. The van der Waals surface area contributed by atoms with Crippen LogP contribution in [0, 0.1) is 3.57 Å². The number of rotatable bonds is 3. The van der Waals surface area contributed by atoms with Gasteiger partial charge in [-0.1, -0.05) is 12.1 Å². The standard InChI is InChI=1S/C13H9IN2OS/c14-10-3-1-9(2-4-10)12(17)7-11-8-16-5-6-18-13(16)15-11/h1-6,8H,7H2. The summed E-state index contributed by atoms with van der Waals surface area (Å²) in [6.07, 6.45) is 4.22. The van der Waals surface area contributed by atoms with Gasteiger partial charge in [-0.2, -0.15) is 0 Å². The molecule has 0 bridgehead atoms. The number of nitrogens with zero attached hydrogens (tertiary/aromatic N) is 2. The highest BCUT2D eigenvalue weighted by Crippen LogP contribution is 2.14. The van der Waals surface area contributed by atoms with Crippen molar-refractivity contribution in [1.82, 2.24) is 9.38 Å².